The molecule has 0 spiro atoms. The van der Waals surface area contributed by atoms with E-state index in [4.69, 9.17) is 9.47 Å². The number of carbonyl (C=O) groups excluding carboxylic acids is 3. The molecule has 2 amide bonds. The molecule has 0 aromatic rings. The van der Waals surface area contributed by atoms with Crippen LogP contribution in [0.3, 0.4) is 0 Å². The lowest BCUT2D eigenvalue weighted by atomic mass is 9.86. The minimum atomic E-state index is -1.33. The molecule has 2 saturated heterocycles. The van der Waals surface area contributed by atoms with E-state index in [2.05, 4.69) is 10.6 Å². The Balaban J connectivity index is 1.26. The van der Waals surface area contributed by atoms with E-state index in [0.717, 1.165) is 25.0 Å². The van der Waals surface area contributed by atoms with Crippen molar-refractivity contribution in [3.8, 4) is 0 Å². The highest BCUT2D eigenvalue weighted by Gasteiger charge is 2.43. The third-order valence-corrected chi connectivity index (χ3v) is 10.5. The van der Waals surface area contributed by atoms with Gasteiger partial charge in [0.15, 0.2) is 0 Å². The number of ether oxygens (including phenoxy) is 2. The largest absolute Gasteiger partial charge is 0.463 e. The van der Waals surface area contributed by atoms with Gasteiger partial charge in [0, 0.05) is 29.5 Å². The molecule has 3 rings (SSSR count). The van der Waals surface area contributed by atoms with Crippen LogP contribution in [0.1, 0.15) is 65.7 Å². The zero-order valence-corrected chi connectivity index (χ0v) is 26.6. The Morgan fingerprint density at radius 1 is 1.16 bits per heavy atom. The van der Waals surface area contributed by atoms with E-state index < -0.39 is 42.5 Å². The Morgan fingerprint density at radius 2 is 1.88 bits per heavy atom. The van der Waals surface area contributed by atoms with Crippen LogP contribution in [0.25, 0.3) is 0 Å². The first-order chi connectivity index (χ1) is 20.5. The molecule has 0 bridgehead atoms. The lowest BCUT2D eigenvalue weighted by molar-refractivity contribution is -0.187. The summed E-state index contributed by atoms with van der Waals surface area (Å²) in [7, 11) is 3.12. The molecule has 9 atom stereocenters. The smallest absolute Gasteiger partial charge is 0.330 e. The number of aliphatic hydroxyl groups excluding tert-OH is 4. The van der Waals surface area contributed by atoms with Gasteiger partial charge >= 0.3 is 5.97 Å². The Kier molecular flexibility index (Phi) is 14.6. The molecule has 0 saturated carbocycles. The molecule has 9 unspecified atom stereocenters. The van der Waals surface area contributed by atoms with E-state index >= 15 is 0 Å². The number of aliphatic hydroxyl groups is 4. The fourth-order valence-corrected chi connectivity index (χ4v) is 7.61. The Morgan fingerprint density at radius 3 is 2.63 bits per heavy atom. The van der Waals surface area contributed by atoms with Gasteiger partial charge in [-0.15, -0.1) is 0 Å². The molecule has 3 aliphatic heterocycles. The number of esters is 1. The molecule has 0 aromatic carbocycles. The number of rotatable bonds is 16. The van der Waals surface area contributed by atoms with Gasteiger partial charge in [0.25, 0.3) is 0 Å². The SMILES string of the molecule is C/C(=C\C(=O)OCCCCCCCC(=O)NC1C(=O)NC2=CSSC21)C(O)C1OCC(C/C=C/C(C)C(C)O)C(O)C1O. The summed E-state index contributed by atoms with van der Waals surface area (Å²) in [6.07, 6.45) is 4.27. The maximum atomic E-state index is 12.3. The van der Waals surface area contributed by atoms with Crippen LogP contribution in [0.2, 0.25) is 0 Å². The highest BCUT2D eigenvalue weighted by molar-refractivity contribution is 8.78. The molecule has 242 valence electrons. The number of allylic oxidation sites excluding steroid dienone is 1. The van der Waals surface area contributed by atoms with Crippen LogP contribution in [0.5, 0.6) is 0 Å². The predicted molar refractivity (Wildman–Crippen MR) is 165 cm³/mol. The van der Waals surface area contributed by atoms with Crippen molar-refractivity contribution in [3.05, 3.63) is 34.9 Å². The van der Waals surface area contributed by atoms with Gasteiger partial charge in [0.1, 0.15) is 24.4 Å². The van der Waals surface area contributed by atoms with Crippen LogP contribution in [-0.4, -0.2) is 93.2 Å². The van der Waals surface area contributed by atoms with E-state index in [-0.39, 0.29) is 47.7 Å². The number of fused-ring (bicyclic) bond motifs is 1. The second-order valence-electron chi connectivity index (χ2n) is 11.5. The predicted octanol–water partition coefficient (Wildman–Crippen LogP) is 2.10. The van der Waals surface area contributed by atoms with Gasteiger partial charge < -0.3 is 40.5 Å². The van der Waals surface area contributed by atoms with E-state index in [0.29, 0.717) is 25.7 Å². The Labute approximate surface area is 261 Å². The van der Waals surface area contributed by atoms with Crippen LogP contribution in [-0.2, 0) is 23.9 Å². The van der Waals surface area contributed by atoms with E-state index in [9.17, 15) is 34.8 Å². The minimum absolute atomic E-state index is 0.0374. The topological polar surface area (TPSA) is 175 Å². The Hall–Kier alpha value is -1.87. The number of carbonyl (C=O) groups is 3. The van der Waals surface area contributed by atoms with Gasteiger partial charge in [-0.1, -0.05) is 59.9 Å². The Bertz CT molecular complexity index is 1050. The van der Waals surface area contributed by atoms with Gasteiger partial charge in [-0.05, 0) is 44.6 Å². The second kappa shape index (κ2) is 17.6. The molecular formula is C30H46N2O9S2. The monoisotopic (exact) mass is 642 g/mol. The molecule has 3 aliphatic rings. The quantitative estimate of drug-likeness (QED) is 0.0478. The number of unbranched alkanes of at least 4 members (excludes halogenated alkanes) is 4. The number of amides is 2. The third-order valence-electron chi connectivity index (χ3n) is 8.04. The van der Waals surface area contributed by atoms with Gasteiger partial charge in [-0.2, -0.15) is 0 Å². The molecular weight excluding hydrogens is 596 g/mol. The van der Waals surface area contributed by atoms with Crippen molar-refractivity contribution < 1.29 is 44.3 Å². The van der Waals surface area contributed by atoms with Crippen LogP contribution in [0.15, 0.2) is 34.9 Å². The molecule has 3 heterocycles. The van der Waals surface area contributed by atoms with Crippen molar-refractivity contribution in [1.29, 1.82) is 0 Å². The molecule has 11 nitrogen and oxygen atoms in total. The second-order valence-corrected chi connectivity index (χ2v) is 13.8. The highest BCUT2D eigenvalue weighted by Crippen LogP contribution is 2.43. The number of nitrogens with one attached hydrogen (secondary N) is 2. The fourth-order valence-electron chi connectivity index (χ4n) is 5.02. The highest BCUT2D eigenvalue weighted by atomic mass is 33.1. The van der Waals surface area contributed by atoms with Gasteiger partial charge in [0.2, 0.25) is 11.8 Å². The average molecular weight is 643 g/mol. The first-order valence-corrected chi connectivity index (χ1v) is 17.2. The summed E-state index contributed by atoms with van der Waals surface area (Å²) in [5.74, 6) is -1.30. The normalized spacial score (nSPS) is 29.5. The van der Waals surface area contributed by atoms with Crippen LogP contribution in [0.4, 0.5) is 0 Å². The third kappa shape index (κ3) is 10.6. The zero-order valence-electron chi connectivity index (χ0n) is 25.0. The lowest BCUT2D eigenvalue weighted by Crippen LogP contribution is -2.54. The van der Waals surface area contributed by atoms with Crippen LogP contribution in [0, 0.1) is 11.8 Å². The minimum Gasteiger partial charge on any atom is -0.463 e. The first kappa shape index (κ1) is 35.6. The standard InChI is InChI=1S/C30H46N2O9S2/c1-17(19(3)33)10-9-11-20-15-41-28(27(38)26(20)37)25(36)18(2)14-23(35)40-13-8-6-4-5-7-12-22(34)32-24-29-21(16-42-43-29)31-30(24)39/h9-10,14,16-17,19-20,24-29,33,36-38H,4-8,11-13,15H2,1-3H3,(H,31,39)(H,32,34)/b10-9+,18-14+. The van der Waals surface area contributed by atoms with Gasteiger partial charge in [0.05, 0.1) is 30.7 Å². The summed E-state index contributed by atoms with van der Waals surface area (Å²) in [5, 5.41) is 48.9. The van der Waals surface area contributed by atoms with E-state index in [1.54, 1.807) is 28.5 Å². The van der Waals surface area contributed by atoms with E-state index in [1.807, 2.05) is 24.5 Å². The molecule has 0 aliphatic carbocycles. The lowest BCUT2D eigenvalue weighted by Gasteiger charge is -2.39. The number of hydrogen-bond donors (Lipinski definition) is 6. The molecule has 0 aromatic heterocycles. The zero-order chi connectivity index (χ0) is 31.5. The molecule has 2 fully saturated rings. The maximum Gasteiger partial charge on any atom is 0.330 e. The van der Waals surface area contributed by atoms with Crippen molar-refractivity contribution >= 4 is 39.4 Å². The molecule has 0 radical (unpaired) electrons. The van der Waals surface area contributed by atoms with Crippen molar-refractivity contribution in [2.24, 2.45) is 11.8 Å². The van der Waals surface area contributed by atoms with E-state index in [1.165, 1.54) is 13.0 Å². The van der Waals surface area contributed by atoms with Gasteiger partial charge in [-0.25, -0.2) is 4.79 Å². The van der Waals surface area contributed by atoms with Crippen LogP contribution < -0.4 is 10.6 Å². The summed E-state index contributed by atoms with van der Waals surface area (Å²) in [4.78, 5) is 36.5. The summed E-state index contributed by atoms with van der Waals surface area (Å²) in [5.41, 5.74) is 1.12. The van der Waals surface area contributed by atoms with Crippen LogP contribution >= 0.6 is 21.6 Å². The molecule has 13 heteroatoms. The molecule has 43 heavy (non-hydrogen) atoms. The summed E-state index contributed by atoms with van der Waals surface area (Å²) >= 11 is 0. The van der Waals surface area contributed by atoms with Crippen molar-refractivity contribution in [2.45, 2.75) is 108 Å². The maximum absolute atomic E-state index is 12.3. The average Bonchev–Trinajstić information content (AvgIpc) is 3.53. The van der Waals surface area contributed by atoms with Crippen molar-refractivity contribution in [2.75, 3.05) is 13.2 Å². The fraction of sp³-hybridized carbons (Fsp3) is 0.700. The summed E-state index contributed by atoms with van der Waals surface area (Å²) < 4.78 is 10.9. The summed E-state index contributed by atoms with van der Waals surface area (Å²) in [6, 6.07) is -0.518. The summed E-state index contributed by atoms with van der Waals surface area (Å²) in [6.45, 7) is 5.46. The van der Waals surface area contributed by atoms with Crippen molar-refractivity contribution in [1.82, 2.24) is 10.6 Å². The molecule has 6 N–H and O–H groups in total. The number of hydrogen-bond acceptors (Lipinski definition) is 11. The first-order valence-electron chi connectivity index (χ1n) is 15.0. The van der Waals surface area contributed by atoms with Crippen molar-refractivity contribution in [3.63, 3.8) is 0 Å². The van der Waals surface area contributed by atoms with Gasteiger partial charge in [-0.3, -0.25) is 9.59 Å².